The van der Waals surface area contributed by atoms with Crippen LogP contribution in [0.3, 0.4) is 0 Å². The highest BCUT2D eigenvalue weighted by Crippen LogP contribution is 2.34. The molecule has 0 amide bonds. The predicted octanol–water partition coefficient (Wildman–Crippen LogP) is 4.30. The molecule has 5 rings (SSSR count). The van der Waals surface area contributed by atoms with Gasteiger partial charge in [0.2, 0.25) is 0 Å². The van der Waals surface area contributed by atoms with Gasteiger partial charge in [0.1, 0.15) is 34.1 Å². The lowest BCUT2D eigenvalue weighted by molar-refractivity contribution is 0.317. The number of halogens is 2. The molecule has 2 saturated heterocycles. The Bertz CT molecular complexity index is 1090. The monoisotopic (exact) mass is 513 g/mol. The normalized spacial score (nSPS) is 17.7. The zero-order chi connectivity index (χ0) is 22.8. The van der Waals surface area contributed by atoms with E-state index in [1.807, 2.05) is 12.1 Å². The molecule has 7 nitrogen and oxygen atoms in total. The third-order valence-corrected chi connectivity index (χ3v) is 7.52. The molecule has 0 bridgehead atoms. The van der Waals surface area contributed by atoms with Gasteiger partial charge in [-0.05, 0) is 79.0 Å². The first-order valence-electron chi connectivity index (χ1n) is 11.6. The van der Waals surface area contributed by atoms with Gasteiger partial charge in [-0.2, -0.15) is 0 Å². The first-order valence-corrected chi connectivity index (χ1v) is 12.4. The molecular formula is C24H29BrFN7. The van der Waals surface area contributed by atoms with Gasteiger partial charge in [0.15, 0.2) is 0 Å². The van der Waals surface area contributed by atoms with Crippen LogP contribution in [0.2, 0.25) is 0 Å². The Morgan fingerprint density at radius 2 is 1.73 bits per heavy atom. The summed E-state index contributed by atoms with van der Waals surface area (Å²) in [5, 5.41) is 0. The van der Waals surface area contributed by atoms with Crippen molar-refractivity contribution in [2.45, 2.75) is 38.1 Å². The van der Waals surface area contributed by atoms with Crippen LogP contribution in [0, 0.1) is 5.82 Å². The van der Waals surface area contributed by atoms with E-state index < -0.39 is 0 Å². The van der Waals surface area contributed by atoms with Crippen molar-refractivity contribution < 1.29 is 4.39 Å². The van der Waals surface area contributed by atoms with Gasteiger partial charge in [-0.15, -0.1) is 0 Å². The highest BCUT2D eigenvalue weighted by molar-refractivity contribution is 9.10. The predicted molar refractivity (Wildman–Crippen MR) is 132 cm³/mol. The third-order valence-electron chi connectivity index (χ3n) is 6.76. The van der Waals surface area contributed by atoms with E-state index >= 15 is 0 Å². The molecular weight excluding hydrogens is 485 g/mol. The molecule has 0 aliphatic carbocycles. The van der Waals surface area contributed by atoms with Crippen molar-refractivity contribution in [1.29, 1.82) is 0 Å². The summed E-state index contributed by atoms with van der Waals surface area (Å²) in [7, 11) is 0. The maximum absolute atomic E-state index is 13.4. The summed E-state index contributed by atoms with van der Waals surface area (Å²) < 4.78 is 16.5. The van der Waals surface area contributed by atoms with Crippen LogP contribution in [0.1, 0.15) is 37.4 Å². The largest absolute Gasteiger partial charge is 0.383 e. The second kappa shape index (κ2) is 9.77. The number of anilines is 2. The fourth-order valence-electron chi connectivity index (χ4n) is 4.89. The molecule has 0 saturated carbocycles. The van der Waals surface area contributed by atoms with Crippen LogP contribution in [0.4, 0.5) is 16.0 Å². The minimum atomic E-state index is -0.226. The molecule has 0 radical (unpaired) electrons. The van der Waals surface area contributed by atoms with E-state index in [9.17, 15) is 4.39 Å². The number of rotatable bonds is 6. The molecule has 2 fully saturated rings. The number of nitrogen functional groups attached to an aromatic ring is 1. The Morgan fingerprint density at radius 3 is 2.45 bits per heavy atom. The van der Waals surface area contributed by atoms with Crippen LogP contribution in [0.5, 0.6) is 0 Å². The molecule has 4 heterocycles. The topological polar surface area (TPSA) is 76.1 Å². The average molecular weight is 514 g/mol. The molecule has 2 N–H and O–H groups in total. The zero-order valence-electron chi connectivity index (χ0n) is 18.6. The Morgan fingerprint density at radius 1 is 1.00 bits per heavy atom. The number of aromatic nitrogens is 4. The summed E-state index contributed by atoms with van der Waals surface area (Å²) >= 11 is 3.53. The number of imidazole rings is 1. The summed E-state index contributed by atoms with van der Waals surface area (Å²) in [6.07, 6.45) is 8.21. The van der Waals surface area contributed by atoms with Crippen molar-refractivity contribution in [2.75, 3.05) is 43.4 Å². The lowest BCUT2D eigenvalue weighted by Crippen LogP contribution is -2.35. The summed E-state index contributed by atoms with van der Waals surface area (Å²) in [5.41, 5.74) is 7.82. The third kappa shape index (κ3) is 4.89. The first kappa shape index (κ1) is 22.3. The van der Waals surface area contributed by atoms with E-state index in [2.05, 4.69) is 46.5 Å². The van der Waals surface area contributed by atoms with Gasteiger partial charge in [-0.1, -0.05) is 0 Å². The molecule has 1 aromatic carbocycles. The lowest BCUT2D eigenvalue weighted by atomic mass is 9.96. The first-order chi connectivity index (χ1) is 16.1. The van der Waals surface area contributed by atoms with E-state index in [-0.39, 0.29) is 5.82 Å². The van der Waals surface area contributed by atoms with Crippen LogP contribution >= 0.6 is 15.9 Å². The van der Waals surface area contributed by atoms with Gasteiger partial charge >= 0.3 is 0 Å². The van der Waals surface area contributed by atoms with Gasteiger partial charge in [-0.3, -0.25) is 0 Å². The van der Waals surface area contributed by atoms with E-state index in [1.54, 1.807) is 0 Å². The van der Waals surface area contributed by atoms with Crippen LogP contribution in [-0.2, 0) is 6.54 Å². The molecule has 9 heteroatoms. The maximum atomic E-state index is 13.4. The summed E-state index contributed by atoms with van der Waals surface area (Å²) in [6, 6.07) is 6.63. The number of likely N-dealkylation sites (tertiary alicyclic amines) is 1. The molecule has 2 aromatic heterocycles. The van der Waals surface area contributed by atoms with Crippen LogP contribution in [0.25, 0.3) is 11.3 Å². The van der Waals surface area contributed by atoms with E-state index in [4.69, 9.17) is 10.7 Å². The van der Waals surface area contributed by atoms with Crippen molar-refractivity contribution in [1.82, 2.24) is 24.4 Å². The van der Waals surface area contributed by atoms with Crippen molar-refractivity contribution in [3.05, 3.63) is 52.9 Å². The smallest absolute Gasteiger partial charge is 0.148 e. The second-order valence-electron chi connectivity index (χ2n) is 8.89. The minimum absolute atomic E-state index is 0.226. The van der Waals surface area contributed by atoms with Crippen LogP contribution in [-0.4, -0.2) is 57.1 Å². The second-order valence-corrected chi connectivity index (χ2v) is 9.68. The zero-order valence-corrected chi connectivity index (χ0v) is 20.2. The van der Waals surface area contributed by atoms with Crippen molar-refractivity contribution in [2.24, 2.45) is 0 Å². The minimum Gasteiger partial charge on any atom is -0.383 e. The molecule has 174 valence electrons. The standard InChI is InChI=1S/C24H29BrFN7/c25-21-22(27)28-16-29-24(21)32-11-7-18(8-12-32)23-30-20(17-3-5-19(26)6-4-17)15-33(23)14-13-31-9-1-2-10-31/h3-6,15-16,18H,1-2,7-14H2,(H2,27,28,29). The number of nitrogens with zero attached hydrogens (tertiary/aromatic N) is 6. The van der Waals surface area contributed by atoms with Crippen molar-refractivity contribution in [3.63, 3.8) is 0 Å². The number of nitrogens with two attached hydrogens (primary N) is 1. The number of benzene rings is 1. The maximum Gasteiger partial charge on any atom is 0.148 e. The molecule has 0 spiro atoms. The quantitative estimate of drug-likeness (QED) is 0.529. The Hall–Kier alpha value is -2.52. The van der Waals surface area contributed by atoms with E-state index in [0.29, 0.717) is 11.7 Å². The highest BCUT2D eigenvalue weighted by Gasteiger charge is 2.27. The number of piperidine rings is 1. The molecule has 2 aliphatic heterocycles. The molecule has 0 unspecified atom stereocenters. The number of hydrogen-bond acceptors (Lipinski definition) is 6. The lowest BCUT2D eigenvalue weighted by Gasteiger charge is -2.33. The van der Waals surface area contributed by atoms with Crippen molar-refractivity contribution in [3.8, 4) is 11.3 Å². The van der Waals surface area contributed by atoms with E-state index in [0.717, 1.165) is 66.4 Å². The summed E-state index contributed by atoms with van der Waals surface area (Å²) in [5.74, 6) is 2.59. The Balaban J connectivity index is 1.35. The van der Waals surface area contributed by atoms with Gasteiger partial charge in [-0.25, -0.2) is 19.3 Å². The average Bonchev–Trinajstić information content (AvgIpc) is 3.50. The highest BCUT2D eigenvalue weighted by atomic mass is 79.9. The summed E-state index contributed by atoms with van der Waals surface area (Å²) in [6.45, 7) is 6.10. The summed E-state index contributed by atoms with van der Waals surface area (Å²) in [4.78, 5) is 18.3. The van der Waals surface area contributed by atoms with Gasteiger partial charge in [0.05, 0.1) is 5.69 Å². The van der Waals surface area contributed by atoms with Crippen LogP contribution in [0.15, 0.2) is 41.3 Å². The van der Waals surface area contributed by atoms with Gasteiger partial charge in [0, 0.05) is 43.9 Å². The number of hydrogen-bond donors (Lipinski definition) is 1. The van der Waals surface area contributed by atoms with Gasteiger partial charge < -0.3 is 20.1 Å². The SMILES string of the molecule is Nc1ncnc(N2CCC(c3nc(-c4ccc(F)cc4)cn3CCN3CCCC3)CC2)c1Br. The Kier molecular flexibility index (Phi) is 6.59. The van der Waals surface area contributed by atoms with Crippen molar-refractivity contribution >= 4 is 27.6 Å². The van der Waals surface area contributed by atoms with E-state index in [1.165, 1.54) is 44.4 Å². The Labute approximate surface area is 202 Å². The van der Waals surface area contributed by atoms with Crippen LogP contribution < -0.4 is 10.6 Å². The fraction of sp³-hybridized carbons (Fsp3) is 0.458. The molecule has 0 atom stereocenters. The molecule has 2 aliphatic rings. The molecule has 3 aromatic rings. The van der Waals surface area contributed by atoms with Gasteiger partial charge in [0.25, 0.3) is 0 Å². The fourth-order valence-corrected chi connectivity index (χ4v) is 5.35. The molecule has 33 heavy (non-hydrogen) atoms.